The number of hydrogen-bond acceptors (Lipinski definition) is 6. The Morgan fingerprint density at radius 1 is 0.963 bits per heavy atom. The Kier molecular flexibility index (Phi) is 5.48. The second-order valence-electron chi connectivity index (χ2n) is 6.91. The number of rotatable bonds is 4. The summed E-state index contributed by atoms with van der Waals surface area (Å²) in [6.45, 7) is 4.61. The van der Waals surface area contributed by atoms with E-state index in [4.69, 9.17) is 4.74 Å². The molecule has 0 atom stereocenters. The molecular formula is C20H25N5O2. The first-order valence-corrected chi connectivity index (χ1v) is 9.61. The number of amides is 1. The molecule has 142 valence electrons. The summed E-state index contributed by atoms with van der Waals surface area (Å²) in [5.41, 5.74) is 2.60. The number of carbonyl (C=O) groups is 1. The predicted octanol–water partition coefficient (Wildman–Crippen LogP) is 2.68. The van der Waals surface area contributed by atoms with Crippen molar-refractivity contribution in [2.45, 2.75) is 19.3 Å². The molecule has 2 saturated heterocycles. The summed E-state index contributed by atoms with van der Waals surface area (Å²) in [6.07, 6.45) is 5.29. The van der Waals surface area contributed by atoms with Crippen molar-refractivity contribution in [3.8, 4) is 0 Å². The van der Waals surface area contributed by atoms with Crippen LogP contribution in [0.4, 0.5) is 17.2 Å². The largest absolute Gasteiger partial charge is 0.378 e. The number of nitrogens with zero attached hydrogens (tertiary/aromatic N) is 4. The van der Waals surface area contributed by atoms with Gasteiger partial charge in [-0.15, -0.1) is 0 Å². The van der Waals surface area contributed by atoms with Crippen LogP contribution in [0.1, 0.15) is 29.8 Å². The Hall–Kier alpha value is -2.67. The van der Waals surface area contributed by atoms with Gasteiger partial charge in [-0.2, -0.15) is 0 Å². The van der Waals surface area contributed by atoms with Crippen LogP contribution in [0.15, 0.2) is 36.7 Å². The lowest BCUT2D eigenvalue weighted by atomic mass is 10.1. The van der Waals surface area contributed by atoms with E-state index in [0.29, 0.717) is 37.8 Å². The topological polar surface area (TPSA) is 70.6 Å². The Morgan fingerprint density at radius 3 is 2.44 bits per heavy atom. The van der Waals surface area contributed by atoms with Crippen molar-refractivity contribution < 1.29 is 9.53 Å². The van der Waals surface area contributed by atoms with E-state index in [2.05, 4.69) is 44.5 Å². The van der Waals surface area contributed by atoms with E-state index in [1.807, 2.05) is 0 Å². The third kappa shape index (κ3) is 4.36. The molecule has 7 nitrogen and oxygen atoms in total. The maximum absolute atomic E-state index is 12.6. The zero-order chi connectivity index (χ0) is 18.5. The van der Waals surface area contributed by atoms with Crippen molar-refractivity contribution in [1.29, 1.82) is 0 Å². The summed E-state index contributed by atoms with van der Waals surface area (Å²) in [4.78, 5) is 25.2. The van der Waals surface area contributed by atoms with Crippen molar-refractivity contribution in [1.82, 2.24) is 14.9 Å². The lowest BCUT2D eigenvalue weighted by molar-refractivity contribution is 0.0299. The summed E-state index contributed by atoms with van der Waals surface area (Å²) < 4.78 is 5.30. The van der Waals surface area contributed by atoms with Crippen LogP contribution < -0.4 is 10.2 Å². The summed E-state index contributed by atoms with van der Waals surface area (Å²) in [6, 6.07) is 10.1. The summed E-state index contributed by atoms with van der Waals surface area (Å²) in [7, 11) is 0. The van der Waals surface area contributed by atoms with Crippen molar-refractivity contribution in [3.63, 3.8) is 0 Å². The van der Waals surface area contributed by atoms with E-state index in [0.717, 1.165) is 18.8 Å². The van der Waals surface area contributed by atoms with Gasteiger partial charge in [0.05, 0.1) is 13.2 Å². The molecule has 1 amide bonds. The van der Waals surface area contributed by atoms with Crippen molar-refractivity contribution in [2.75, 3.05) is 49.6 Å². The van der Waals surface area contributed by atoms with E-state index in [9.17, 15) is 4.79 Å². The third-order valence-corrected chi connectivity index (χ3v) is 5.05. The molecule has 1 N–H and O–H groups in total. The van der Waals surface area contributed by atoms with Gasteiger partial charge in [0.2, 0.25) is 0 Å². The standard InChI is InChI=1S/C20H25N5O2/c26-20(25-10-12-27-13-11-25)18-14-19(22-15-21-18)23-16-4-6-17(7-5-16)24-8-2-1-3-9-24/h4-7,14-15H,1-3,8-13H2,(H,21,22,23). The van der Waals surface area contributed by atoms with Gasteiger partial charge in [0.1, 0.15) is 17.8 Å². The van der Waals surface area contributed by atoms with Crippen LogP contribution >= 0.6 is 0 Å². The number of nitrogens with one attached hydrogen (secondary N) is 1. The third-order valence-electron chi connectivity index (χ3n) is 5.05. The summed E-state index contributed by atoms with van der Waals surface area (Å²) in [5, 5.41) is 3.27. The Bertz CT molecular complexity index is 768. The van der Waals surface area contributed by atoms with E-state index in [1.165, 1.54) is 31.3 Å². The van der Waals surface area contributed by atoms with E-state index >= 15 is 0 Å². The fourth-order valence-electron chi connectivity index (χ4n) is 3.53. The van der Waals surface area contributed by atoms with Crippen molar-refractivity contribution in [3.05, 3.63) is 42.4 Å². The molecule has 4 rings (SSSR count). The van der Waals surface area contributed by atoms with Crippen LogP contribution in [0, 0.1) is 0 Å². The number of piperidine rings is 1. The molecule has 0 bridgehead atoms. The van der Waals surface area contributed by atoms with Crippen LogP contribution in [0.2, 0.25) is 0 Å². The van der Waals surface area contributed by atoms with Gasteiger partial charge >= 0.3 is 0 Å². The molecule has 0 unspecified atom stereocenters. The fourth-order valence-corrected chi connectivity index (χ4v) is 3.53. The van der Waals surface area contributed by atoms with Crippen LogP contribution in [0.25, 0.3) is 0 Å². The highest BCUT2D eigenvalue weighted by Crippen LogP contribution is 2.23. The second kappa shape index (κ2) is 8.35. The monoisotopic (exact) mass is 367 g/mol. The minimum atomic E-state index is -0.0794. The number of anilines is 3. The van der Waals surface area contributed by atoms with Crippen LogP contribution in [-0.4, -0.2) is 60.2 Å². The van der Waals surface area contributed by atoms with Gasteiger partial charge < -0.3 is 19.9 Å². The molecule has 27 heavy (non-hydrogen) atoms. The first-order valence-electron chi connectivity index (χ1n) is 9.61. The molecular weight excluding hydrogens is 342 g/mol. The van der Waals surface area contributed by atoms with Gasteiger partial charge in [0.25, 0.3) is 5.91 Å². The highest BCUT2D eigenvalue weighted by molar-refractivity contribution is 5.93. The smallest absolute Gasteiger partial charge is 0.272 e. The van der Waals surface area contributed by atoms with Crippen LogP contribution in [-0.2, 0) is 4.74 Å². The highest BCUT2D eigenvalue weighted by Gasteiger charge is 2.20. The maximum atomic E-state index is 12.6. The van der Waals surface area contributed by atoms with Gasteiger partial charge in [0.15, 0.2) is 0 Å². The maximum Gasteiger partial charge on any atom is 0.272 e. The second-order valence-corrected chi connectivity index (χ2v) is 6.91. The lowest BCUT2D eigenvalue weighted by Crippen LogP contribution is -2.41. The Morgan fingerprint density at radius 2 is 1.70 bits per heavy atom. The Labute approximate surface area is 159 Å². The normalized spacial score (nSPS) is 17.6. The molecule has 2 aliphatic heterocycles. The van der Waals surface area contributed by atoms with Crippen LogP contribution in [0.5, 0.6) is 0 Å². The van der Waals surface area contributed by atoms with Gasteiger partial charge in [-0.1, -0.05) is 0 Å². The van der Waals surface area contributed by atoms with E-state index in [1.54, 1.807) is 11.0 Å². The van der Waals surface area contributed by atoms with Crippen LogP contribution in [0.3, 0.4) is 0 Å². The first-order chi connectivity index (χ1) is 13.3. The fraction of sp³-hybridized carbons (Fsp3) is 0.450. The molecule has 7 heteroatoms. The average molecular weight is 367 g/mol. The van der Waals surface area contributed by atoms with Gasteiger partial charge in [-0.25, -0.2) is 9.97 Å². The molecule has 0 saturated carbocycles. The molecule has 2 aromatic rings. The quantitative estimate of drug-likeness (QED) is 0.896. The highest BCUT2D eigenvalue weighted by atomic mass is 16.5. The minimum Gasteiger partial charge on any atom is -0.378 e. The van der Waals surface area contributed by atoms with E-state index in [-0.39, 0.29) is 5.91 Å². The summed E-state index contributed by atoms with van der Waals surface area (Å²) in [5.74, 6) is 0.538. The summed E-state index contributed by atoms with van der Waals surface area (Å²) >= 11 is 0. The minimum absolute atomic E-state index is 0.0794. The molecule has 3 heterocycles. The number of ether oxygens (including phenoxy) is 1. The van der Waals surface area contributed by atoms with Crippen molar-refractivity contribution in [2.24, 2.45) is 0 Å². The molecule has 1 aromatic carbocycles. The first kappa shape index (κ1) is 17.7. The number of morpholine rings is 1. The molecule has 0 aliphatic carbocycles. The zero-order valence-electron chi connectivity index (χ0n) is 15.4. The van der Waals surface area contributed by atoms with Gasteiger partial charge in [-0.3, -0.25) is 4.79 Å². The number of carbonyl (C=O) groups excluding carboxylic acids is 1. The average Bonchev–Trinajstić information content (AvgIpc) is 2.75. The molecule has 0 spiro atoms. The lowest BCUT2D eigenvalue weighted by Gasteiger charge is -2.28. The number of benzene rings is 1. The zero-order valence-corrected chi connectivity index (χ0v) is 15.4. The molecule has 2 fully saturated rings. The SMILES string of the molecule is O=C(c1cc(Nc2ccc(N3CCCCC3)cc2)ncn1)N1CCOCC1. The molecule has 2 aliphatic rings. The Balaban J connectivity index is 1.42. The predicted molar refractivity (Wildman–Crippen MR) is 105 cm³/mol. The number of aromatic nitrogens is 2. The van der Waals surface area contributed by atoms with Gasteiger partial charge in [-0.05, 0) is 43.5 Å². The number of hydrogen-bond donors (Lipinski definition) is 1. The van der Waals surface area contributed by atoms with E-state index < -0.39 is 0 Å². The van der Waals surface area contributed by atoms with Crippen molar-refractivity contribution >= 4 is 23.1 Å². The van der Waals surface area contributed by atoms with Gasteiger partial charge in [0, 0.05) is 43.6 Å². The molecule has 1 aromatic heterocycles. The molecule has 0 radical (unpaired) electrons.